The third-order valence-corrected chi connectivity index (χ3v) is 7.51. The number of aromatic nitrogens is 3. The molecule has 10 nitrogen and oxygen atoms in total. The molecule has 3 aromatic carbocycles. The molecule has 0 saturated carbocycles. The molecule has 11 heteroatoms. The summed E-state index contributed by atoms with van der Waals surface area (Å²) in [6, 6.07) is 24.0. The quantitative estimate of drug-likeness (QED) is 0.248. The molecule has 1 N–H and O–H groups in total. The van der Waals surface area contributed by atoms with Gasteiger partial charge in [-0.15, -0.1) is 21.6 Å². The molecular formula is C30H26N6O4S. The average Bonchev–Trinajstić information content (AvgIpc) is 3.65. The highest BCUT2D eigenvalue weighted by Gasteiger charge is 2.22. The fourth-order valence-electron chi connectivity index (χ4n) is 4.51. The van der Waals surface area contributed by atoms with Gasteiger partial charge in [0.05, 0.1) is 43.0 Å². The van der Waals surface area contributed by atoms with E-state index in [0.29, 0.717) is 48.4 Å². The lowest BCUT2D eigenvalue weighted by Crippen LogP contribution is -2.40. The van der Waals surface area contributed by atoms with Crippen molar-refractivity contribution in [3.8, 4) is 33.4 Å². The molecule has 2 aromatic heterocycles. The minimum atomic E-state index is -0.403. The first-order valence-electron chi connectivity index (χ1n) is 13.0. The lowest BCUT2D eigenvalue weighted by atomic mass is 10.1. The number of nitrogens with one attached hydrogen (secondary N) is 1. The number of rotatable bonds is 7. The smallest absolute Gasteiger partial charge is 0.301 e. The zero-order chi connectivity index (χ0) is 28.2. The van der Waals surface area contributed by atoms with Gasteiger partial charge < -0.3 is 14.4 Å². The number of methoxy groups -OCH3 is 1. The summed E-state index contributed by atoms with van der Waals surface area (Å²) in [7, 11) is 1.62. The number of ether oxygens (including phenoxy) is 2. The molecule has 0 aliphatic carbocycles. The molecule has 0 radical (unpaired) electrons. The summed E-state index contributed by atoms with van der Waals surface area (Å²) in [5.74, 6) is 0.604. The molecule has 1 aliphatic rings. The second-order valence-corrected chi connectivity index (χ2v) is 10.0. The minimum Gasteiger partial charge on any atom is -0.497 e. The van der Waals surface area contributed by atoms with Gasteiger partial charge in [0.25, 0.3) is 5.91 Å². The van der Waals surface area contributed by atoms with Gasteiger partial charge in [-0.05, 0) is 36.4 Å². The monoisotopic (exact) mass is 566 g/mol. The van der Waals surface area contributed by atoms with E-state index in [9.17, 15) is 9.59 Å². The van der Waals surface area contributed by atoms with Gasteiger partial charge >= 0.3 is 5.56 Å². The highest BCUT2D eigenvalue weighted by Crippen LogP contribution is 2.31. The molecule has 0 bridgehead atoms. The molecule has 0 atom stereocenters. The topological polar surface area (TPSA) is 114 Å². The molecule has 5 aromatic rings. The number of carbonyl (C=O) groups excluding carboxylic acids is 1. The highest BCUT2D eigenvalue weighted by atomic mass is 32.1. The van der Waals surface area contributed by atoms with Gasteiger partial charge in [0.15, 0.2) is 5.69 Å². The van der Waals surface area contributed by atoms with Crippen LogP contribution >= 0.6 is 11.3 Å². The summed E-state index contributed by atoms with van der Waals surface area (Å²) in [5.41, 5.74) is 3.41. The van der Waals surface area contributed by atoms with Crippen LogP contribution in [-0.4, -0.2) is 59.0 Å². The van der Waals surface area contributed by atoms with Crippen LogP contribution in [0.2, 0.25) is 0 Å². The van der Waals surface area contributed by atoms with Crippen LogP contribution in [-0.2, 0) is 4.74 Å². The van der Waals surface area contributed by atoms with Crippen LogP contribution in [0.15, 0.2) is 99.3 Å². The molecule has 0 spiro atoms. The molecule has 1 amide bonds. The van der Waals surface area contributed by atoms with E-state index < -0.39 is 5.56 Å². The number of amides is 1. The number of H-pyrrole nitrogens is 1. The summed E-state index contributed by atoms with van der Waals surface area (Å²) in [5, 5.41) is 14.3. The first-order chi connectivity index (χ1) is 20.1. The van der Waals surface area contributed by atoms with E-state index in [1.807, 2.05) is 60.0 Å². The van der Waals surface area contributed by atoms with E-state index in [1.54, 1.807) is 36.3 Å². The summed E-state index contributed by atoms with van der Waals surface area (Å²) in [6.45, 7) is 2.01. The van der Waals surface area contributed by atoms with Gasteiger partial charge in [-0.25, -0.2) is 4.98 Å². The molecule has 3 heterocycles. The van der Waals surface area contributed by atoms with Crippen LogP contribution in [0.1, 0.15) is 10.4 Å². The van der Waals surface area contributed by atoms with Gasteiger partial charge in [0, 0.05) is 29.6 Å². The Bertz CT molecular complexity index is 1750. The number of azo groups is 1. The van der Waals surface area contributed by atoms with Crippen molar-refractivity contribution in [1.29, 1.82) is 0 Å². The Morgan fingerprint density at radius 2 is 1.68 bits per heavy atom. The number of nitrogens with zero attached hydrogens (tertiary/aromatic N) is 5. The first-order valence-corrected chi connectivity index (χ1v) is 13.9. The summed E-state index contributed by atoms with van der Waals surface area (Å²) < 4.78 is 12.0. The third kappa shape index (κ3) is 5.45. The van der Waals surface area contributed by atoms with Gasteiger partial charge in [-0.2, -0.15) is 4.68 Å². The van der Waals surface area contributed by atoms with E-state index in [0.717, 1.165) is 22.6 Å². The van der Waals surface area contributed by atoms with E-state index in [-0.39, 0.29) is 11.6 Å². The fraction of sp³-hybridized carbons (Fsp3) is 0.167. The van der Waals surface area contributed by atoms with Gasteiger partial charge in [0.2, 0.25) is 5.13 Å². The Hall–Kier alpha value is -4.87. The van der Waals surface area contributed by atoms with E-state index in [4.69, 9.17) is 14.5 Å². The summed E-state index contributed by atoms with van der Waals surface area (Å²) in [6.07, 6.45) is 0. The van der Waals surface area contributed by atoms with E-state index in [1.165, 1.54) is 16.0 Å². The maximum atomic E-state index is 13.7. The SMILES string of the molecule is COc1ccc(-c2csc(-n3[nH]c(-c4ccccc4)c(N=Nc4ccccc4C(=O)N4CCOCC4)c3=O)n2)cc1. The van der Waals surface area contributed by atoms with Crippen molar-refractivity contribution in [2.75, 3.05) is 33.4 Å². The maximum Gasteiger partial charge on any atom is 0.301 e. The van der Waals surface area contributed by atoms with Crippen molar-refractivity contribution < 1.29 is 14.3 Å². The van der Waals surface area contributed by atoms with Crippen molar-refractivity contribution in [3.05, 3.63) is 100 Å². The number of thiazole rings is 1. The van der Waals surface area contributed by atoms with Crippen molar-refractivity contribution in [1.82, 2.24) is 19.7 Å². The van der Waals surface area contributed by atoms with Crippen LogP contribution in [0.5, 0.6) is 5.75 Å². The molecule has 1 saturated heterocycles. The molecule has 1 fully saturated rings. The third-order valence-electron chi connectivity index (χ3n) is 6.69. The normalized spacial score (nSPS) is 13.5. The number of morpholine rings is 1. The van der Waals surface area contributed by atoms with Gasteiger partial charge in [-0.3, -0.25) is 14.7 Å². The lowest BCUT2D eigenvalue weighted by molar-refractivity contribution is 0.0303. The van der Waals surface area contributed by atoms with Gasteiger partial charge in [-0.1, -0.05) is 42.5 Å². The van der Waals surface area contributed by atoms with Gasteiger partial charge in [0.1, 0.15) is 5.75 Å². The van der Waals surface area contributed by atoms with Crippen molar-refractivity contribution in [2.45, 2.75) is 0 Å². The number of hydrogen-bond donors (Lipinski definition) is 1. The van der Waals surface area contributed by atoms with Crippen LogP contribution in [0, 0.1) is 0 Å². The molecular weight excluding hydrogens is 540 g/mol. The van der Waals surface area contributed by atoms with Crippen LogP contribution < -0.4 is 10.3 Å². The zero-order valence-electron chi connectivity index (χ0n) is 22.2. The lowest BCUT2D eigenvalue weighted by Gasteiger charge is -2.27. The number of carbonyl (C=O) groups is 1. The maximum absolute atomic E-state index is 13.7. The Morgan fingerprint density at radius 1 is 0.951 bits per heavy atom. The van der Waals surface area contributed by atoms with E-state index >= 15 is 0 Å². The van der Waals surface area contributed by atoms with Crippen molar-refractivity contribution in [2.24, 2.45) is 10.2 Å². The second kappa shape index (κ2) is 11.7. The summed E-state index contributed by atoms with van der Waals surface area (Å²) in [4.78, 5) is 33.4. The largest absolute Gasteiger partial charge is 0.497 e. The highest BCUT2D eigenvalue weighted by molar-refractivity contribution is 7.12. The molecule has 0 unspecified atom stereocenters. The van der Waals surface area contributed by atoms with Crippen molar-refractivity contribution in [3.63, 3.8) is 0 Å². The Labute approximate surface area is 239 Å². The van der Waals surface area contributed by atoms with Crippen molar-refractivity contribution >= 4 is 28.6 Å². The molecule has 1 aliphatic heterocycles. The minimum absolute atomic E-state index is 0.117. The van der Waals surface area contributed by atoms with Crippen LogP contribution in [0.25, 0.3) is 27.6 Å². The Morgan fingerprint density at radius 3 is 2.44 bits per heavy atom. The number of hydrogen-bond acceptors (Lipinski definition) is 8. The number of benzene rings is 3. The predicted octanol–water partition coefficient (Wildman–Crippen LogP) is 5.85. The van der Waals surface area contributed by atoms with Crippen LogP contribution in [0.3, 0.4) is 0 Å². The second-order valence-electron chi connectivity index (χ2n) is 9.21. The molecule has 41 heavy (non-hydrogen) atoms. The Balaban J connectivity index is 1.38. The first kappa shape index (κ1) is 26.4. The average molecular weight is 567 g/mol. The molecule has 206 valence electrons. The fourth-order valence-corrected chi connectivity index (χ4v) is 5.30. The standard InChI is InChI=1S/C30H26N6O4S/c1-39-22-13-11-20(12-14-22)25-19-41-30(31-25)36-29(38)27(26(34-36)21-7-3-2-4-8-21)33-32-24-10-6-5-9-23(24)28(37)35-15-17-40-18-16-35/h2-14,19,34H,15-18H2,1H3. The number of aromatic amines is 1. The van der Waals surface area contributed by atoms with E-state index in [2.05, 4.69) is 15.3 Å². The van der Waals surface area contributed by atoms with Crippen LogP contribution in [0.4, 0.5) is 11.4 Å². The Kier molecular flexibility index (Phi) is 7.52. The zero-order valence-corrected chi connectivity index (χ0v) is 23.0. The predicted molar refractivity (Wildman–Crippen MR) is 157 cm³/mol. The molecule has 6 rings (SSSR count). The summed E-state index contributed by atoms with van der Waals surface area (Å²) >= 11 is 1.33.